The van der Waals surface area contributed by atoms with Crippen LogP contribution in [0.5, 0.6) is 0 Å². The van der Waals surface area contributed by atoms with Crippen LogP contribution in [0.3, 0.4) is 0 Å². The number of hydrogen-bond donors (Lipinski definition) is 1. The number of halogens is 2. The average molecular weight is 284 g/mol. The van der Waals surface area contributed by atoms with Gasteiger partial charge in [-0.05, 0) is 33.0 Å². The van der Waals surface area contributed by atoms with Crippen LogP contribution in [0.4, 0.5) is 0 Å². The standard InChI is InChI=1S/C13H15Cl2N3/c1-8-10(7-16-3)9(2)18(17-8)13-11(14)5-4-6-12(13)15/h4-6,16H,7H2,1-3H3. The quantitative estimate of drug-likeness (QED) is 0.934. The van der Waals surface area contributed by atoms with Crippen LogP contribution in [0.2, 0.25) is 10.0 Å². The van der Waals surface area contributed by atoms with E-state index in [0.717, 1.165) is 23.6 Å². The molecule has 0 unspecified atom stereocenters. The van der Waals surface area contributed by atoms with E-state index < -0.39 is 0 Å². The fraction of sp³-hybridized carbons (Fsp3) is 0.308. The van der Waals surface area contributed by atoms with Crippen LogP contribution < -0.4 is 5.32 Å². The molecule has 0 saturated carbocycles. The van der Waals surface area contributed by atoms with E-state index in [1.807, 2.05) is 43.8 Å². The highest BCUT2D eigenvalue weighted by atomic mass is 35.5. The molecule has 1 aromatic heterocycles. The van der Waals surface area contributed by atoms with E-state index in [9.17, 15) is 0 Å². The summed E-state index contributed by atoms with van der Waals surface area (Å²) in [4.78, 5) is 0. The maximum absolute atomic E-state index is 6.21. The predicted octanol–water partition coefficient (Wildman–Crippen LogP) is 3.52. The van der Waals surface area contributed by atoms with Crippen LogP contribution in [0.15, 0.2) is 18.2 Å². The van der Waals surface area contributed by atoms with Gasteiger partial charge in [-0.15, -0.1) is 0 Å². The molecule has 0 bridgehead atoms. The van der Waals surface area contributed by atoms with E-state index in [0.29, 0.717) is 10.0 Å². The molecule has 18 heavy (non-hydrogen) atoms. The number of benzene rings is 1. The lowest BCUT2D eigenvalue weighted by Gasteiger charge is -2.09. The summed E-state index contributed by atoms with van der Waals surface area (Å²) in [6, 6.07) is 5.46. The Bertz CT molecular complexity index is 556. The molecule has 1 N–H and O–H groups in total. The first-order valence-corrected chi connectivity index (χ1v) is 6.46. The molecule has 1 aromatic carbocycles. The predicted molar refractivity (Wildman–Crippen MR) is 75.8 cm³/mol. The number of hydrogen-bond acceptors (Lipinski definition) is 2. The summed E-state index contributed by atoms with van der Waals surface area (Å²) in [5, 5.41) is 8.87. The Kier molecular flexibility index (Phi) is 3.95. The largest absolute Gasteiger partial charge is 0.316 e. The highest BCUT2D eigenvalue weighted by Gasteiger charge is 2.16. The van der Waals surface area contributed by atoms with Gasteiger partial charge in [0.15, 0.2) is 0 Å². The zero-order valence-electron chi connectivity index (χ0n) is 10.6. The van der Waals surface area contributed by atoms with E-state index in [-0.39, 0.29) is 0 Å². The summed E-state index contributed by atoms with van der Waals surface area (Å²) in [7, 11) is 1.92. The third kappa shape index (κ3) is 2.26. The minimum absolute atomic E-state index is 0.601. The maximum atomic E-state index is 6.21. The second kappa shape index (κ2) is 5.31. The third-order valence-electron chi connectivity index (χ3n) is 2.94. The zero-order chi connectivity index (χ0) is 13.3. The Balaban J connectivity index is 2.62. The molecule has 0 atom stereocenters. The number of nitrogens with one attached hydrogen (secondary N) is 1. The molecule has 0 spiro atoms. The van der Waals surface area contributed by atoms with Crippen molar-refractivity contribution < 1.29 is 0 Å². The summed E-state index contributed by atoms with van der Waals surface area (Å²) in [6.07, 6.45) is 0. The number of aryl methyl sites for hydroxylation is 1. The van der Waals surface area contributed by atoms with E-state index in [4.69, 9.17) is 23.2 Å². The van der Waals surface area contributed by atoms with Crippen molar-refractivity contribution in [3.63, 3.8) is 0 Å². The van der Waals surface area contributed by atoms with E-state index in [1.165, 1.54) is 5.56 Å². The molecule has 2 rings (SSSR count). The average Bonchev–Trinajstić information content (AvgIpc) is 2.58. The molecule has 0 aliphatic carbocycles. The molecule has 5 heteroatoms. The minimum Gasteiger partial charge on any atom is -0.316 e. The number of aromatic nitrogens is 2. The van der Waals surface area contributed by atoms with Crippen LogP contribution in [-0.4, -0.2) is 16.8 Å². The molecule has 0 radical (unpaired) electrons. The molecule has 0 amide bonds. The molecule has 96 valence electrons. The molecule has 0 aliphatic rings. The molecular formula is C13H15Cl2N3. The lowest BCUT2D eigenvalue weighted by molar-refractivity contribution is 0.801. The van der Waals surface area contributed by atoms with E-state index in [2.05, 4.69) is 10.4 Å². The van der Waals surface area contributed by atoms with Gasteiger partial charge in [0.2, 0.25) is 0 Å². The highest BCUT2D eigenvalue weighted by Crippen LogP contribution is 2.30. The molecule has 1 heterocycles. The summed E-state index contributed by atoms with van der Waals surface area (Å²) >= 11 is 12.4. The molecule has 2 aromatic rings. The molecule has 0 aliphatic heterocycles. The molecule has 0 saturated heterocycles. The van der Waals surface area contributed by atoms with Gasteiger partial charge in [0.05, 0.1) is 15.7 Å². The fourth-order valence-electron chi connectivity index (χ4n) is 2.02. The first kappa shape index (κ1) is 13.4. The smallest absolute Gasteiger partial charge is 0.102 e. The summed E-state index contributed by atoms with van der Waals surface area (Å²) < 4.78 is 1.81. The second-order valence-corrected chi connectivity index (χ2v) is 4.98. The van der Waals surface area contributed by atoms with Crippen LogP contribution in [0, 0.1) is 13.8 Å². The Hall–Kier alpha value is -1.03. The van der Waals surface area contributed by atoms with Crippen LogP contribution in [0.1, 0.15) is 17.0 Å². The van der Waals surface area contributed by atoms with Crippen molar-refractivity contribution in [2.45, 2.75) is 20.4 Å². The normalized spacial score (nSPS) is 10.9. The van der Waals surface area contributed by atoms with E-state index >= 15 is 0 Å². The fourth-order valence-corrected chi connectivity index (χ4v) is 2.57. The number of nitrogens with zero attached hydrogens (tertiary/aromatic N) is 2. The number of rotatable bonds is 3. The van der Waals surface area contributed by atoms with Gasteiger partial charge < -0.3 is 5.32 Å². The third-order valence-corrected chi connectivity index (χ3v) is 3.55. The van der Waals surface area contributed by atoms with Crippen molar-refractivity contribution in [1.82, 2.24) is 15.1 Å². The SMILES string of the molecule is CNCc1c(C)nn(-c2c(Cl)cccc2Cl)c1C. The summed E-state index contributed by atoms with van der Waals surface area (Å²) in [5.74, 6) is 0. The van der Waals surface area contributed by atoms with Gasteiger partial charge >= 0.3 is 0 Å². The lowest BCUT2D eigenvalue weighted by Crippen LogP contribution is -2.07. The van der Waals surface area contributed by atoms with Crippen molar-refractivity contribution in [2.24, 2.45) is 0 Å². The van der Waals surface area contributed by atoms with Crippen molar-refractivity contribution >= 4 is 23.2 Å². The molecule has 0 fully saturated rings. The van der Waals surface area contributed by atoms with Crippen LogP contribution >= 0.6 is 23.2 Å². The zero-order valence-corrected chi connectivity index (χ0v) is 12.1. The first-order valence-electron chi connectivity index (χ1n) is 5.70. The van der Waals surface area contributed by atoms with Gasteiger partial charge in [0.25, 0.3) is 0 Å². The highest BCUT2D eigenvalue weighted by molar-refractivity contribution is 6.37. The van der Waals surface area contributed by atoms with Gasteiger partial charge in [-0.3, -0.25) is 0 Å². The lowest BCUT2D eigenvalue weighted by atomic mass is 10.2. The van der Waals surface area contributed by atoms with Gasteiger partial charge in [0.1, 0.15) is 5.69 Å². The first-order chi connectivity index (χ1) is 8.56. The van der Waals surface area contributed by atoms with Gasteiger partial charge in [-0.1, -0.05) is 29.3 Å². The van der Waals surface area contributed by atoms with Gasteiger partial charge in [-0.25, -0.2) is 4.68 Å². The van der Waals surface area contributed by atoms with Crippen LogP contribution in [-0.2, 0) is 6.54 Å². The Morgan fingerprint density at radius 2 is 1.83 bits per heavy atom. The van der Waals surface area contributed by atoms with Gasteiger partial charge in [-0.2, -0.15) is 5.10 Å². The Morgan fingerprint density at radius 1 is 1.22 bits per heavy atom. The summed E-state index contributed by atoms with van der Waals surface area (Å²) in [6.45, 7) is 4.78. The van der Waals surface area contributed by atoms with E-state index in [1.54, 1.807) is 0 Å². The van der Waals surface area contributed by atoms with Crippen molar-refractivity contribution in [1.29, 1.82) is 0 Å². The number of para-hydroxylation sites is 1. The monoisotopic (exact) mass is 283 g/mol. The van der Waals surface area contributed by atoms with Gasteiger partial charge in [0, 0.05) is 17.8 Å². The van der Waals surface area contributed by atoms with Crippen molar-refractivity contribution in [2.75, 3.05) is 7.05 Å². The van der Waals surface area contributed by atoms with Crippen molar-refractivity contribution in [3.05, 3.63) is 45.2 Å². The molecular weight excluding hydrogens is 269 g/mol. The Morgan fingerprint density at radius 3 is 2.39 bits per heavy atom. The van der Waals surface area contributed by atoms with Crippen molar-refractivity contribution in [3.8, 4) is 5.69 Å². The summed E-state index contributed by atoms with van der Waals surface area (Å²) in [5.41, 5.74) is 3.95. The maximum Gasteiger partial charge on any atom is 0.102 e. The topological polar surface area (TPSA) is 29.9 Å². The minimum atomic E-state index is 0.601. The van der Waals surface area contributed by atoms with Crippen LogP contribution in [0.25, 0.3) is 5.69 Å². The molecule has 3 nitrogen and oxygen atoms in total. The Labute approximate surface area is 117 Å². The second-order valence-electron chi connectivity index (χ2n) is 4.16.